The molecule has 5 heterocycles. The number of nitrogens with zero attached hydrogens (tertiary/aromatic N) is 5. The maximum atomic E-state index is 9.48. The lowest BCUT2D eigenvalue weighted by molar-refractivity contribution is 0.951. The molecule has 9 aromatic carbocycles. The maximum Gasteiger partial charge on any atom is 0.237 e. The zero-order valence-corrected chi connectivity index (χ0v) is 34.5. The monoisotopic (exact) mass is 841 g/mol. The van der Waals surface area contributed by atoms with Gasteiger partial charge in [-0.1, -0.05) is 152 Å². The van der Waals surface area contributed by atoms with Gasteiger partial charge in [0, 0.05) is 64.1 Å². The molecule has 5 aromatic heterocycles. The zero-order valence-electron chi connectivity index (χ0n) is 41.7. The summed E-state index contributed by atoms with van der Waals surface area (Å²) in [6, 6.07) is 51.9. The van der Waals surface area contributed by atoms with Gasteiger partial charge >= 0.3 is 0 Å². The Morgan fingerprint density at radius 1 is 0.391 bits per heavy atom. The fourth-order valence-corrected chi connectivity index (χ4v) is 11.0. The molecule has 298 valence electrons. The standard InChI is InChI=1S/C58H35N5S/c1-8-24-47-38(16-1)39-17-2-9-25-48(39)61(47)53-30-15-23-37(36-32-33-45-44-22-7-14-31-54(44)64-55(45)34-36)57(53)46-35-56(62-49-26-10-3-18-40(49)41-19-4-11-27-50(41)62)60-58(59-46)63-51-28-12-5-20-42(51)43-21-6-13-29-52(43)63/h1-35H/i3D,4D,10D,11D,18D,19D,26D,27D. The van der Waals surface area contributed by atoms with Crippen LogP contribution in [0.1, 0.15) is 11.0 Å². The van der Waals surface area contributed by atoms with Crippen molar-refractivity contribution in [2.75, 3.05) is 0 Å². The molecule has 0 unspecified atom stereocenters. The molecule has 0 bridgehead atoms. The van der Waals surface area contributed by atoms with Crippen LogP contribution in [0.5, 0.6) is 0 Å². The van der Waals surface area contributed by atoms with Crippen LogP contribution in [0.4, 0.5) is 0 Å². The van der Waals surface area contributed by atoms with E-state index in [2.05, 4.69) is 102 Å². The normalized spacial score (nSPS) is 13.8. The molecule has 5 nitrogen and oxygen atoms in total. The predicted octanol–water partition coefficient (Wildman–Crippen LogP) is 15.5. The molecule has 0 atom stereocenters. The van der Waals surface area contributed by atoms with Crippen molar-refractivity contribution in [1.29, 1.82) is 0 Å². The van der Waals surface area contributed by atoms with Crippen LogP contribution in [-0.4, -0.2) is 23.7 Å². The highest BCUT2D eigenvalue weighted by Crippen LogP contribution is 2.44. The molecule has 14 aromatic rings. The van der Waals surface area contributed by atoms with Crippen molar-refractivity contribution in [3.8, 4) is 39.8 Å². The van der Waals surface area contributed by atoms with Crippen molar-refractivity contribution < 1.29 is 11.0 Å². The number of thiophene rings is 1. The van der Waals surface area contributed by atoms with E-state index >= 15 is 0 Å². The Labute approximate surface area is 382 Å². The largest absolute Gasteiger partial charge is 0.309 e. The van der Waals surface area contributed by atoms with Crippen molar-refractivity contribution in [3.05, 3.63) is 212 Å². The van der Waals surface area contributed by atoms with Gasteiger partial charge in [-0.2, -0.15) is 4.98 Å². The Hall–Kier alpha value is -8.32. The molecule has 0 N–H and O–H groups in total. The van der Waals surface area contributed by atoms with E-state index in [1.165, 1.54) is 14.7 Å². The highest BCUT2D eigenvalue weighted by Gasteiger charge is 2.24. The van der Waals surface area contributed by atoms with Gasteiger partial charge in [-0.25, -0.2) is 4.98 Å². The molecule has 0 saturated heterocycles. The minimum atomic E-state index is -0.520. The summed E-state index contributed by atoms with van der Waals surface area (Å²) in [7, 11) is 0. The minimum absolute atomic E-state index is 0.0352. The Bertz CT molecular complexity index is 4520. The van der Waals surface area contributed by atoms with Crippen molar-refractivity contribution in [3.63, 3.8) is 0 Å². The fourth-order valence-electron chi connectivity index (χ4n) is 9.86. The first-order valence-electron chi connectivity index (χ1n) is 25.0. The number of hydrogen-bond acceptors (Lipinski definition) is 3. The average molecular weight is 842 g/mol. The van der Waals surface area contributed by atoms with E-state index in [1.54, 1.807) is 17.4 Å². The van der Waals surface area contributed by atoms with E-state index in [9.17, 15) is 5.48 Å². The van der Waals surface area contributed by atoms with E-state index in [-0.39, 0.29) is 33.6 Å². The molecule has 0 radical (unpaired) electrons. The summed E-state index contributed by atoms with van der Waals surface area (Å²) in [6.07, 6.45) is 0. The van der Waals surface area contributed by atoms with Gasteiger partial charge in [-0.3, -0.25) is 9.13 Å². The number of hydrogen-bond donors (Lipinski definition) is 0. The second-order valence-corrected chi connectivity index (χ2v) is 17.0. The minimum Gasteiger partial charge on any atom is -0.309 e. The van der Waals surface area contributed by atoms with E-state index in [1.807, 2.05) is 65.2 Å². The second-order valence-electron chi connectivity index (χ2n) is 15.9. The predicted molar refractivity (Wildman–Crippen MR) is 269 cm³/mol. The van der Waals surface area contributed by atoms with Gasteiger partial charge < -0.3 is 4.57 Å². The molecule has 0 aliphatic rings. The molecule has 0 fully saturated rings. The lowest BCUT2D eigenvalue weighted by atomic mass is 9.94. The molecule has 0 aliphatic heterocycles. The quantitative estimate of drug-likeness (QED) is 0.173. The molecule has 0 spiro atoms. The molecule has 0 amide bonds. The molecular weight excluding hydrogens is 799 g/mol. The summed E-state index contributed by atoms with van der Waals surface area (Å²) in [4.78, 5) is 11.0. The van der Waals surface area contributed by atoms with Gasteiger partial charge in [0.05, 0.1) is 55.4 Å². The first-order chi connectivity index (χ1) is 35.1. The fraction of sp³-hybridized carbons (Fsp3) is 0. The molecule has 14 rings (SSSR count). The van der Waals surface area contributed by atoms with E-state index in [0.717, 1.165) is 76.1 Å². The first-order valence-corrected chi connectivity index (χ1v) is 21.8. The maximum absolute atomic E-state index is 9.48. The topological polar surface area (TPSA) is 40.6 Å². The molecule has 6 heteroatoms. The summed E-state index contributed by atoms with van der Waals surface area (Å²) < 4.78 is 80.9. The van der Waals surface area contributed by atoms with Crippen LogP contribution >= 0.6 is 11.3 Å². The van der Waals surface area contributed by atoms with Crippen LogP contribution in [0.2, 0.25) is 0 Å². The second kappa shape index (κ2) is 13.6. The van der Waals surface area contributed by atoms with Crippen LogP contribution in [0.15, 0.2) is 212 Å². The van der Waals surface area contributed by atoms with Crippen LogP contribution in [-0.2, 0) is 0 Å². The molecule has 0 aliphatic carbocycles. The highest BCUT2D eigenvalue weighted by atomic mass is 32.1. The van der Waals surface area contributed by atoms with E-state index < -0.39 is 48.3 Å². The summed E-state index contributed by atoms with van der Waals surface area (Å²) in [5.74, 6) is 0.370. The number of fused-ring (bicyclic) bond motifs is 12. The van der Waals surface area contributed by atoms with Gasteiger partial charge in [0.1, 0.15) is 5.82 Å². The first kappa shape index (κ1) is 28.3. The third-order valence-corrected chi connectivity index (χ3v) is 13.7. The zero-order chi connectivity index (χ0) is 48.8. The number of para-hydroxylation sites is 6. The number of rotatable bonds is 5. The SMILES string of the molecule is [2H]c1c([2H])c([2H])c2c(c1[2H])c1c([2H])c([2H])c([2H])c([2H])c1n2-c1cc(-c2c(-c3ccc4c(c3)sc3ccccc34)cccc2-n2c3ccccc3c3ccccc32)nc(-n2c3ccccc3c3ccccc32)n1. The highest BCUT2D eigenvalue weighted by molar-refractivity contribution is 7.25. The van der Waals surface area contributed by atoms with Crippen molar-refractivity contribution in [2.45, 2.75) is 0 Å². The van der Waals surface area contributed by atoms with Gasteiger partial charge in [0.15, 0.2) is 0 Å². The number of benzene rings is 9. The summed E-state index contributed by atoms with van der Waals surface area (Å²) in [5, 5.41) is 6.32. The molecule has 0 saturated carbocycles. The molecule has 64 heavy (non-hydrogen) atoms. The van der Waals surface area contributed by atoms with Crippen molar-refractivity contribution in [2.24, 2.45) is 0 Å². The smallest absolute Gasteiger partial charge is 0.237 e. The Balaban J connectivity index is 1.19. The average Bonchev–Trinajstić information content (AvgIpc) is 4.17. The van der Waals surface area contributed by atoms with Gasteiger partial charge in [0.2, 0.25) is 5.95 Å². The Morgan fingerprint density at radius 3 is 1.55 bits per heavy atom. The third-order valence-electron chi connectivity index (χ3n) is 12.6. The van der Waals surface area contributed by atoms with E-state index in [4.69, 9.17) is 15.5 Å². The van der Waals surface area contributed by atoms with Crippen LogP contribution in [0.3, 0.4) is 0 Å². The van der Waals surface area contributed by atoms with E-state index in [0.29, 0.717) is 5.69 Å². The summed E-state index contributed by atoms with van der Waals surface area (Å²) in [6.45, 7) is 0. The van der Waals surface area contributed by atoms with Gasteiger partial charge in [-0.05, 0) is 65.7 Å². The Morgan fingerprint density at radius 2 is 0.922 bits per heavy atom. The summed E-state index contributed by atoms with van der Waals surface area (Å²) >= 11 is 1.73. The van der Waals surface area contributed by atoms with Gasteiger partial charge in [-0.15, -0.1) is 11.3 Å². The summed E-state index contributed by atoms with van der Waals surface area (Å²) in [5.41, 5.74) is 7.31. The lowest BCUT2D eigenvalue weighted by Crippen LogP contribution is -2.09. The van der Waals surface area contributed by atoms with Crippen LogP contribution in [0.25, 0.3) is 125 Å². The third kappa shape index (κ3) is 5.05. The van der Waals surface area contributed by atoms with Crippen LogP contribution < -0.4 is 0 Å². The van der Waals surface area contributed by atoms with Crippen LogP contribution in [0, 0.1) is 0 Å². The van der Waals surface area contributed by atoms with Crippen molar-refractivity contribution >= 4 is 96.9 Å². The van der Waals surface area contributed by atoms with Gasteiger partial charge in [0.25, 0.3) is 0 Å². The van der Waals surface area contributed by atoms with Crippen molar-refractivity contribution in [1.82, 2.24) is 23.7 Å². The lowest BCUT2D eigenvalue weighted by Gasteiger charge is -2.20. The molecular formula is C58H35N5S. The Kier molecular flexibility index (Phi) is 6.01. The number of aromatic nitrogens is 5.